The number of nitrogens with one attached hydrogen (secondary N) is 2. The second-order valence-electron chi connectivity index (χ2n) is 17.2. The molecule has 3 amide bonds. The minimum atomic E-state index is -5.07. The minimum absolute atomic E-state index is 0.00364. The monoisotopic (exact) mass is 893 g/mol. The van der Waals surface area contributed by atoms with Crippen molar-refractivity contribution in [3.8, 4) is 16.9 Å². The van der Waals surface area contributed by atoms with E-state index in [9.17, 15) is 27.6 Å². The molecule has 0 unspecified atom stereocenters. The summed E-state index contributed by atoms with van der Waals surface area (Å²) in [6.45, 7) is 17.4. The minimum Gasteiger partial charge on any atom is -0.489 e. The fourth-order valence-electron chi connectivity index (χ4n) is 5.98. The third kappa shape index (κ3) is 13.1. The summed E-state index contributed by atoms with van der Waals surface area (Å²) in [5, 5.41) is 15.2. The highest BCUT2D eigenvalue weighted by Crippen LogP contribution is 2.33. The molecular weight excluding hydrogens is 841 g/mol. The van der Waals surface area contributed by atoms with E-state index in [0.717, 1.165) is 66.3 Å². The highest BCUT2D eigenvalue weighted by molar-refractivity contribution is 7.80. The van der Waals surface area contributed by atoms with Gasteiger partial charge in [-0.15, -0.1) is 15.6 Å². The average molecular weight is 894 g/mol. The van der Waals surface area contributed by atoms with E-state index in [1.807, 2.05) is 23.0 Å². The Morgan fingerprint density at radius 1 is 1.07 bits per heavy atom. The Balaban J connectivity index is 1.34. The van der Waals surface area contributed by atoms with Crippen molar-refractivity contribution in [2.45, 2.75) is 90.8 Å². The molecule has 3 N–H and O–H groups in total. The molecule has 0 saturated carbocycles. The van der Waals surface area contributed by atoms with Crippen LogP contribution >= 0.6 is 11.3 Å². The molecule has 61 heavy (non-hydrogen) atoms. The molecule has 5 rings (SSSR count). The number of carbonyl (C=O) groups is 4. The van der Waals surface area contributed by atoms with Gasteiger partial charge in [0.1, 0.15) is 48.4 Å². The smallest absolute Gasteiger partial charge is 0.418 e. The molecule has 334 valence electrons. The Hall–Kier alpha value is -5.20. The Morgan fingerprint density at radius 2 is 1.72 bits per heavy atom. The fourth-order valence-corrected chi connectivity index (χ4v) is 7.12. The van der Waals surface area contributed by atoms with Crippen molar-refractivity contribution in [3.63, 3.8) is 0 Å². The largest absolute Gasteiger partial charge is 0.489 e. The van der Waals surface area contributed by atoms with Crippen molar-refractivity contribution >= 4 is 56.5 Å². The van der Waals surface area contributed by atoms with Crippen LogP contribution in [-0.2, 0) is 54.7 Å². The number of likely N-dealkylation sites (N-methyl/N-ethyl adjacent to an activating group) is 1. The molecular formula is C38H53N8O13S2+. The summed E-state index contributed by atoms with van der Waals surface area (Å²) in [7, 11) is -2.85. The second kappa shape index (κ2) is 18.4. The summed E-state index contributed by atoms with van der Waals surface area (Å²) >= 11 is 0.904. The van der Waals surface area contributed by atoms with Gasteiger partial charge in [0.05, 0.1) is 45.1 Å². The van der Waals surface area contributed by atoms with Gasteiger partial charge in [-0.25, -0.2) is 14.6 Å². The van der Waals surface area contributed by atoms with Crippen molar-refractivity contribution < 1.29 is 64.7 Å². The summed E-state index contributed by atoms with van der Waals surface area (Å²) in [5.41, 5.74) is -2.17. The van der Waals surface area contributed by atoms with Crippen LogP contribution < -0.4 is 15.4 Å². The number of quaternary nitrogens is 1. The van der Waals surface area contributed by atoms with Gasteiger partial charge in [-0.1, -0.05) is 17.3 Å². The highest BCUT2D eigenvalue weighted by Gasteiger charge is 2.58. The van der Waals surface area contributed by atoms with Gasteiger partial charge in [-0.3, -0.25) is 24.1 Å². The Kier molecular flexibility index (Phi) is 14.1. The lowest BCUT2D eigenvalue weighted by molar-refractivity contribution is -0.917. The normalized spacial score (nSPS) is 18.4. The van der Waals surface area contributed by atoms with E-state index in [2.05, 4.69) is 37.2 Å². The lowest BCUT2D eigenvalue weighted by Crippen LogP contribution is -2.76. The first kappa shape index (κ1) is 46.9. The predicted molar refractivity (Wildman–Crippen MR) is 219 cm³/mol. The molecule has 21 nitrogen and oxygen atoms in total. The van der Waals surface area contributed by atoms with E-state index in [4.69, 9.17) is 28.3 Å². The van der Waals surface area contributed by atoms with E-state index >= 15 is 0 Å². The summed E-state index contributed by atoms with van der Waals surface area (Å²) in [4.78, 5) is 62.5. The van der Waals surface area contributed by atoms with E-state index in [0.29, 0.717) is 10.8 Å². The van der Waals surface area contributed by atoms with Gasteiger partial charge in [-0.05, 0) is 73.1 Å². The number of rotatable bonds is 16. The predicted octanol–water partition coefficient (Wildman–Crippen LogP) is 3.18. The maximum atomic E-state index is 13.8. The topological polar surface area (TPSA) is 248 Å². The fraction of sp³-hybridized carbons (Fsp3) is 0.553. The number of ether oxygens (including phenoxy) is 4. The summed E-state index contributed by atoms with van der Waals surface area (Å²) in [6.07, 6.45) is 1.39. The zero-order valence-corrected chi connectivity index (χ0v) is 37.1. The summed E-state index contributed by atoms with van der Waals surface area (Å²) < 4.78 is 61.3. The maximum Gasteiger partial charge on any atom is 0.418 e. The van der Waals surface area contributed by atoms with Gasteiger partial charge >= 0.3 is 22.5 Å². The Labute approximate surface area is 357 Å². The first-order valence-electron chi connectivity index (χ1n) is 19.2. The van der Waals surface area contributed by atoms with Crippen LogP contribution in [0.15, 0.2) is 47.2 Å². The van der Waals surface area contributed by atoms with Gasteiger partial charge in [0.2, 0.25) is 0 Å². The second-order valence-corrected chi connectivity index (χ2v) is 19.0. The van der Waals surface area contributed by atoms with Gasteiger partial charge < -0.3 is 33.6 Å². The van der Waals surface area contributed by atoms with Crippen LogP contribution in [0.5, 0.6) is 5.75 Å². The van der Waals surface area contributed by atoms with Crippen molar-refractivity contribution in [1.82, 2.24) is 25.1 Å². The Bertz CT molecular complexity index is 2200. The maximum absolute atomic E-state index is 13.8. The number of β-lactam (4-membered cyclic amide) rings is 1. The quantitative estimate of drug-likeness (QED) is 0.0467. The molecule has 2 aliphatic rings. The average Bonchev–Trinajstić information content (AvgIpc) is 3.82. The lowest BCUT2D eigenvalue weighted by Gasteiger charge is -2.50. The number of hydrogen-bond donors (Lipinski definition) is 3. The molecule has 23 heteroatoms. The molecule has 2 aliphatic heterocycles. The number of amides is 3. The van der Waals surface area contributed by atoms with Crippen molar-refractivity contribution in [3.05, 3.63) is 47.7 Å². The number of nitrogens with zero attached hydrogens (tertiary/aromatic N) is 6. The molecule has 0 radical (unpaired) electrons. The zero-order chi connectivity index (χ0) is 45.0. The number of thiazole rings is 1. The van der Waals surface area contributed by atoms with Crippen molar-refractivity contribution in [2.24, 2.45) is 5.16 Å². The van der Waals surface area contributed by atoms with Crippen LogP contribution in [0.2, 0.25) is 0 Å². The first-order chi connectivity index (χ1) is 28.3. The first-order valence-corrected chi connectivity index (χ1v) is 21.5. The number of hydrogen-bond acceptors (Lipinski definition) is 16. The summed E-state index contributed by atoms with van der Waals surface area (Å²) in [6, 6.07) is 5.72. The van der Waals surface area contributed by atoms with Crippen LogP contribution in [0.3, 0.4) is 0 Å². The van der Waals surface area contributed by atoms with Crippen LogP contribution in [0.25, 0.3) is 11.1 Å². The zero-order valence-electron chi connectivity index (χ0n) is 35.5. The Morgan fingerprint density at radius 3 is 2.33 bits per heavy atom. The van der Waals surface area contributed by atoms with E-state index in [-0.39, 0.29) is 10.8 Å². The van der Waals surface area contributed by atoms with E-state index in [1.54, 1.807) is 59.9 Å². The van der Waals surface area contributed by atoms with Gasteiger partial charge in [0, 0.05) is 17.1 Å². The molecule has 4 heterocycles. The third-order valence-corrected chi connectivity index (χ3v) is 10.4. The van der Waals surface area contributed by atoms with Crippen LogP contribution in [0.1, 0.15) is 61.1 Å². The number of morpholine rings is 1. The molecule has 2 fully saturated rings. The number of hydroxylamine groups is 2. The highest BCUT2D eigenvalue weighted by atomic mass is 32.3. The van der Waals surface area contributed by atoms with Gasteiger partial charge in [0.15, 0.2) is 10.8 Å². The molecule has 3 aromatic rings. The van der Waals surface area contributed by atoms with E-state index in [1.165, 1.54) is 19.2 Å². The standard InChI is InChI=1S/C38H52N8O13S2/c1-36(2,3)56-33(49)28(22-55-26-12-10-24(11-13-26)25-20-39-44(21-25)14-15-46(9)16-18-54-19-17-46)58-43-29(27-23-60-34(40-27)42-35(50)57-37(4,5)6)31(47)41-30-32(48)45(38(30,7)8)59-61(51,52)53/h10-13,20-21,23,28,30H,14-19,22H2,1-9H3,(H2-,40,41,42,47,50,51,52,53)/p+1/b43-29-/t28-,30+/m0/s1. The SMILES string of the molecule is CC(C)(C)OC(=O)Nc1nc(/C(=N/O[C@@H](COc2ccc(-c3cnn(CC[N+]4(C)CCOCC4)c3)cc2)C(=O)OC(C)(C)C)C(=O)N[C@@H]2C(=O)N(OS(=O)(=O)O)C2(C)C)cs1. The number of oxime groups is 1. The van der Waals surface area contributed by atoms with Crippen LogP contribution in [0, 0.1) is 0 Å². The van der Waals surface area contributed by atoms with Gasteiger partial charge in [0.25, 0.3) is 17.9 Å². The number of aromatic nitrogens is 3. The van der Waals surface area contributed by atoms with Gasteiger partial charge in [-0.2, -0.15) is 18.6 Å². The lowest BCUT2D eigenvalue weighted by atomic mass is 9.84. The molecule has 0 aliphatic carbocycles. The summed E-state index contributed by atoms with van der Waals surface area (Å²) in [5.74, 6) is -2.57. The number of esters is 1. The number of anilines is 1. The molecule has 2 aromatic heterocycles. The molecule has 0 spiro atoms. The molecule has 0 bridgehead atoms. The van der Waals surface area contributed by atoms with Crippen molar-refractivity contribution in [1.29, 1.82) is 0 Å². The van der Waals surface area contributed by atoms with E-state index < -0.39 is 75.5 Å². The molecule has 2 atom stereocenters. The van der Waals surface area contributed by atoms with Crippen molar-refractivity contribution in [2.75, 3.05) is 51.8 Å². The number of carbonyl (C=O) groups excluding carboxylic acids is 4. The van der Waals surface area contributed by atoms with Crippen LogP contribution in [-0.4, -0.2) is 142 Å². The van der Waals surface area contributed by atoms with Crippen LogP contribution in [0.4, 0.5) is 9.93 Å². The third-order valence-electron chi connectivity index (χ3n) is 9.27. The molecule has 2 saturated heterocycles. The molecule has 1 aromatic carbocycles. The number of benzene rings is 1.